The van der Waals surface area contributed by atoms with Gasteiger partial charge in [0, 0.05) is 24.8 Å². The van der Waals surface area contributed by atoms with Crippen LogP contribution in [0.25, 0.3) is 0 Å². The van der Waals surface area contributed by atoms with E-state index in [1.165, 1.54) is 24.8 Å². The van der Waals surface area contributed by atoms with Crippen molar-refractivity contribution in [3.63, 3.8) is 0 Å². The highest BCUT2D eigenvalue weighted by Gasteiger charge is 2.44. The predicted octanol–water partition coefficient (Wildman–Crippen LogP) is 5.94. The van der Waals surface area contributed by atoms with Crippen molar-refractivity contribution >= 4 is 18.1 Å². The number of benzene rings is 2. The van der Waals surface area contributed by atoms with Crippen LogP contribution in [-0.4, -0.2) is 45.0 Å². The minimum Gasteiger partial charge on any atom is -0.442 e. The van der Waals surface area contributed by atoms with Crippen LogP contribution in [0.3, 0.4) is 0 Å². The van der Waals surface area contributed by atoms with Gasteiger partial charge in [-0.2, -0.15) is 44.3 Å². The highest BCUT2D eigenvalue weighted by molar-refractivity contribution is 5.63. The molecule has 2 heterocycles. The number of rotatable bonds is 9. The number of fused-ring (bicyclic) bond motifs is 1. The third-order valence-electron chi connectivity index (χ3n) is 7.30. The number of hydrogen-bond acceptors (Lipinski definition) is 8. The number of aromatic nitrogens is 4. The van der Waals surface area contributed by atoms with Crippen LogP contribution < -0.4 is 15.5 Å². The van der Waals surface area contributed by atoms with Crippen molar-refractivity contribution in [1.29, 1.82) is 0 Å². The van der Waals surface area contributed by atoms with E-state index in [9.17, 15) is 44.3 Å². The van der Waals surface area contributed by atoms with Crippen LogP contribution >= 0.6 is 0 Å². The number of halogens is 9. The molecule has 2 atom stereocenters. The first kappa shape index (κ1) is 33.8. The number of nitrogens with zero attached hydrogens (tertiary/aromatic N) is 6. The van der Waals surface area contributed by atoms with Gasteiger partial charge in [-0.25, -0.2) is 0 Å². The molecule has 2 aromatic carbocycles. The van der Waals surface area contributed by atoms with Crippen LogP contribution in [0.15, 0.2) is 36.4 Å². The molecule has 0 saturated heterocycles. The quantitative estimate of drug-likeness (QED) is 0.224. The maximum atomic E-state index is 13.9. The van der Waals surface area contributed by atoms with Crippen LogP contribution in [0.1, 0.15) is 61.1 Å². The molecule has 0 bridgehead atoms. The maximum absolute atomic E-state index is 13.9. The summed E-state index contributed by atoms with van der Waals surface area (Å²) in [6.07, 6.45) is -15.1. The summed E-state index contributed by atoms with van der Waals surface area (Å²) in [6, 6.07) is 2.13. The van der Waals surface area contributed by atoms with Gasteiger partial charge in [-0.1, -0.05) is 5.10 Å². The molecule has 0 radical (unpaired) electrons. The smallest absolute Gasteiger partial charge is 0.416 e. The Kier molecular flexibility index (Phi) is 9.02. The summed E-state index contributed by atoms with van der Waals surface area (Å²) in [5.41, 5.74) is -0.307. The van der Waals surface area contributed by atoms with Crippen LogP contribution in [0, 0.1) is 0 Å². The number of anilines is 2. The summed E-state index contributed by atoms with van der Waals surface area (Å²) < 4.78 is 129. The van der Waals surface area contributed by atoms with E-state index < -0.39 is 65.1 Å². The molecular weight excluding hydrogens is 625 g/mol. The molecule has 0 saturated carbocycles. The van der Waals surface area contributed by atoms with Gasteiger partial charge in [0.2, 0.25) is 0 Å². The maximum Gasteiger partial charge on any atom is 0.416 e. The SMILES string of the molecule is CC1CC(N(Cc2cc(C(F)(F)F)cc(C(F)(F)F)c2)c2nnn(CCN)n2)c2cc(C(F)(F)F)ccc2N1C(C)(C)OC=O. The van der Waals surface area contributed by atoms with E-state index in [0.29, 0.717) is 12.1 Å². The number of carbonyl (C=O) groups excluding carboxylic acids is 1. The fraction of sp³-hybridized carbons (Fsp3) is 0.481. The van der Waals surface area contributed by atoms with E-state index in [1.807, 2.05) is 0 Å². The zero-order valence-electron chi connectivity index (χ0n) is 24.0. The van der Waals surface area contributed by atoms with Gasteiger partial charge in [0.05, 0.1) is 29.3 Å². The topological polar surface area (TPSA) is 102 Å². The summed E-state index contributed by atoms with van der Waals surface area (Å²) in [7, 11) is 0. The molecule has 3 aromatic rings. The van der Waals surface area contributed by atoms with Gasteiger partial charge in [0.1, 0.15) is 0 Å². The molecular formula is C27H28F9N7O2. The molecule has 1 aliphatic rings. The molecule has 0 fully saturated rings. The van der Waals surface area contributed by atoms with Crippen LogP contribution in [0.5, 0.6) is 0 Å². The van der Waals surface area contributed by atoms with Crippen LogP contribution in [0.4, 0.5) is 51.1 Å². The second-order valence-electron chi connectivity index (χ2n) is 10.9. The Balaban J connectivity index is 1.95. The largest absolute Gasteiger partial charge is 0.442 e. The van der Waals surface area contributed by atoms with Gasteiger partial charge in [-0.05, 0) is 79.9 Å². The lowest BCUT2D eigenvalue weighted by molar-refractivity contribution is -0.143. The molecule has 0 aliphatic carbocycles. The Morgan fingerprint density at radius 3 is 2.09 bits per heavy atom. The van der Waals surface area contributed by atoms with E-state index in [-0.39, 0.29) is 49.2 Å². The van der Waals surface area contributed by atoms with Crippen LogP contribution in [-0.2, 0) is 41.1 Å². The minimum absolute atomic E-state index is 0.0105. The van der Waals surface area contributed by atoms with Crippen molar-refractivity contribution < 1.29 is 49.0 Å². The molecule has 1 aliphatic heterocycles. The average Bonchev–Trinajstić information content (AvgIpc) is 3.37. The Bertz CT molecular complexity index is 1490. The second-order valence-corrected chi connectivity index (χ2v) is 10.9. The highest BCUT2D eigenvalue weighted by Crippen LogP contribution is 2.47. The van der Waals surface area contributed by atoms with Gasteiger partial charge < -0.3 is 20.3 Å². The fourth-order valence-corrected chi connectivity index (χ4v) is 5.49. The number of carbonyl (C=O) groups is 1. The Morgan fingerprint density at radius 1 is 0.956 bits per heavy atom. The van der Waals surface area contributed by atoms with E-state index in [1.54, 1.807) is 11.8 Å². The molecule has 2 N–H and O–H groups in total. The first-order valence-electron chi connectivity index (χ1n) is 13.4. The standard InChI is InChI=1S/C27H28F9N7O2/c1-15-8-22(20-12-17(25(28,29)30)4-5-21(20)43(15)24(2,3)45-14-44)41(23-38-40-42(39-23)7-6-37)13-16-9-18(26(31,32)33)11-19(10-16)27(34,35)36/h4-5,9-12,14-15,22H,6-8,13,37H2,1-3H3. The molecule has 1 aromatic heterocycles. The van der Waals surface area contributed by atoms with Crippen LogP contribution in [0.2, 0.25) is 0 Å². The molecule has 18 heteroatoms. The first-order chi connectivity index (χ1) is 20.8. The number of tetrazole rings is 1. The zero-order chi connectivity index (χ0) is 33.5. The Morgan fingerprint density at radius 2 is 1.56 bits per heavy atom. The van der Waals surface area contributed by atoms with E-state index >= 15 is 0 Å². The lowest BCUT2D eigenvalue weighted by Gasteiger charge is -2.50. The van der Waals surface area contributed by atoms with Crippen molar-refractivity contribution in [3.05, 3.63) is 64.2 Å². The summed E-state index contributed by atoms with van der Waals surface area (Å²) in [4.78, 5) is 15.1. The summed E-state index contributed by atoms with van der Waals surface area (Å²) in [5.74, 6) is -0.271. The first-order valence-corrected chi connectivity index (χ1v) is 13.4. The van der Waals surface area contributed by atoms with Gasteiger partial charge >= 0.3 is 18.5 Å². The van der Waals surface area contributed by atoms with E-state index in [0.717, 1.165) is 16.9 Å². The predicted molar refractivity (Wildman–Crippen MR) is 141 cm³/mol. The molecule has 4 rings (SSSR count). The highest BCUT2D eigenvalue weighted by atomic mass is 19.4. The van der Waals surface area contributed by atoms with Crippen molar-refractivity contribution in [1.82, 2.24) is 20.2 Å². The molecule has 0 amide bonds. The number of hydrogen-bond donors (Lipinski definition) is 1. The number of alkyl halides is 9. The number of ether oxygens (including phenoxy) is 1. The Hall–Kier alpha value is -4.09. The van der Waals surface area contributed by atoms with Gasteiger partial charge in [0.15, 0.2) is 5.72 Å². The summed E-state index contributed by atoms with van der Waals surface area (Å²) >= 11 is 0. The molecule has 9 nitrogen and oxygen atoms in total. The zero-order valence-corrected chi connectivity index (χ0v) is 24.0. The van der Waals surface area contributed by atoms with E-state index in [4.69, 9.17) is 10.5 Å². The van der Waals surface area contributed by atoms with Crippen molar-refractivity contribution in [2.45, 2.75) is 76.6 Å². The summed E-state index contributed by atoms with van der Waals surface area (Å²) in [5, 5.41) is 11.9. The normalized spacial score (nSPS) is 17.7. The third-order valence-corrected chi connectivity index (χ3v) is 7.30. The molecule has 246 valence electrons. The molecule has 45 heavy (non-hydrogen) atoms. The Labute approximate surface area is 250 Å². The fourth-order valence-electron chi connectivity index (χ4n) is 5.49. The van der Waals surface area contributed by atoms with Crippen molar-refractivity contribution in [2.75, 3.05) is 16.3 Å². The van der Waals surface area contributed by atoms with Crippen molar-refractivity contribution in [2.24, 2.45) is 5.73 Å². The summed E-state index contributed by atoms with van der Waals surface area (Å²) in [6.45, 7) is 4.30. The number of nitrogens with two attached hydrogens (primary N) is 1. The minimum atomic E-state index is -5.14. The average molecular weight is 654 g/mol. The lowest BCUT2D eigenvalue weighted by Crippen LogP contribution is -2.55. The van der Waals surface area contributed by atoms with Gasteiger partial charge in [-0.15, -0.1) is 5.10 Å². The second kappa shape index (κ2) is 12.0. The molecule has 2 unspecified atom stereocenters. The van der Waals surface area contributed by atoms with Gasteiger partial charge in [0.25, 0.3) is 12.4 Å². The van der Waals surface area contributed by atoms with E-state index in [2.05, 4.69) is 15.4 Å². The lowest BCUT2D eigenvalue weighted by atomic mass is 9.87. The van der Waals surface area contributed by atoms with Gasteiger partial charge in [-0.3, -0.25) is 4.79 Å². The third kappa shape index (κ3) is 7.26. The van der Waals surface area contributed by atoms with Crippen molar-refractivity contribution in [3.8, 4) is 0 Å². The molecule has 0 spiro atoms. The monoisotopic (exact) mass is 653 g/mol.